The summed E-state index contributed by atoms with van der Waals surface area (Å²) in [6.45, 7) is 70.8. The number of aryl methyl sites for hydroxylation is 1. The summed E-state index contributed by atoms with van der Waals surface area (Å²) in [6.07, 6.45) is 9.88. The van der Waals surface area contributed by atoms with Crippen LogP contribution < -0.4 is 66.0 Å². The number of hydrogen-bond acceptors (Lipinski definition) is 24. The number of nitrogens with zero attached hydrogens (tertiary/aromatic N) is 1. The topological polar surface area (TPSA) is 577 Å². The van der Waals surface area contributed by atoms with Crippen LogP contribution in [-0.2, 0) is 64.0 Å². The van der Waals surface area contributed by atoms with Crippen LogP contribution in [0.3, 0.4) is 0 Å². The lowest BCUT2D eigenvalue weighted by atomic mass is 10.1. The third-order valence-corrected chi connectivity index (χ3v) is 6.32. The van der Waals surface area contributed by atoms with Crippen LogP contribution in [0.1, 0.15) is 203 Å². The number of carbonyl (C=O) groups is 12. The molecule has 30 N–H and O–H groups in total. The van der Waals surface area contributed by atoms with E-state index in [0.717, 1.165) is 55.0 Å². The molecule has 1 saturated heterocycles. The van der Waals surface area contributed by atoms with Crippen LogP contribution in [0.25, 0.3) is 0 Å². The number of hydrogen-bond donors (Lipinski definition) is 12. The van der Waals surface area contributed by atoms with E-state index in [-0.39, 0.29) is 55.1 Å². The fourth-order valence-electron chi connectivity index (χ4n) is 1.92. The Hall–Kier alpha value is -5.42. The van der Waals surface area contributed by atoms with Crippen LogP contribution in [0, 0.1) is 35.5 Å². The van der Waals surface area contributed by atoms with Gasteiger partial charge in [-0.1, -0.05) is 188 Å². The Kier molecular flexibility index (Phi) is 700. The lowest BCUT2D eigenvalue weighted by molar-refractivity contribution is -0.129. The summed E-state index contributed by atoms with van der Waals surface area (Å²) in [5.41, 5.74) is 19.4. The second kappa shape index (κ2) is 314. The van der Waals surface area contributed by atoms with Crippen molar-refractivity contribution in [2.45, 2.75) is 210 Å². The molecule has 0 aromatic heterocycles. The molecule has 0 aliphatic carbocycles. The molecule has 1 fully saturated rings. The summed E-state index contributed by atoms with van der Waals surface area (Å²) in [6, 6.07) is 10.5. The van der Waals surface area contributed by atoms with Gasteiger partial charge in [-0.3, -0.25) is 4.79 Å². The molecule has 0 spiro atoms. The van der Waals surface area contributed by atoms with Gasteiger partial charge in [0.2, 0.25) is 5.91 Å². The molecule has 544 valence electrons. The Morgan fingerprint density at radius 2 is 0.500 bits per heavy atom. The molecule has 2 rings (SSSR count). The van der Waals surface area contributed by atoms with Crippen molar-refractivity contribution in [2.24, 2.45) is 58.4 Å². The van der Waals surface area contributed by atoms with E-state index in [0.29, 0.717) is 0 Å². The Labute approximate surface area is 534 Å². The number of amides is 1. The fraction of sp³-hybridized carbons (Fsp3) is 0.705. The van der Waals surface area contributed by atoms with E-state index in [1.807, 2.05) is 85.6 Å². The normalized spacial score (nSPS) is 7.21. The number of rotatable bonds is 5. The van der Waals surface area contributed by atoms with Gasteiger partial charge in [-0.15, -0.1) is 0 Å². The van der Waals surface area contributed by atoms with Crippen molar-refractivity contribution in [3.8, 4) is 0 Å². The first-order chi connectivity index (χ1) is 37.5. The number of nitrogens with two attached hydrogens (primary N) is 4. The van der Waals surface area contributed by atoms with Gasteiger partial charge in [0.25, 0.3) is 0 Å². The highest BCUT2D eigenvalue weighted by molar-refractivity contribution is 5.73. The number of aliphatic hydroxyl groups is 1. The summed E-state index contributed by atoms with van der Waals surface area (Å²) >= 11 is 0. The Morgan fingerprint density at radius 1 is 0.372 bits per heavy atom. The zero-order valence-electron chi connectivity index (χ0n) is 61.8. The third-order valence-electron chi connectivity index (χ3n) is 6.32. The largest absolute Gasteiger partial charge is 0.394 e. The molecule has 1 aromatic rings. The van der Waals surface area contributed by atoms with Gasteiger partial charge in [0.05, 0.1) is 0 Å². The smallest absolute Gasteiger partial charge is 0.219 e. The van der Waals surface area contributed by atoms with Crippen molar-refractivity contribution in [2.75, 3.05) is 41.3 Å². The number of aliphatic hydroxyl groups excluding tert-OH is 1. The average Bonchev–Trinajstić information content (AvgIpc) is 3.51. The fourth-order valence-corrected chi connectivity index (χ4v) is 1.92. The molecule has 25 nitrogen and oxygen atoms in total. The first kappa shape index (κ1) is 192. The summed E-state index contributed by atoms with van der Waals surface area (Å²) in [4.78, 5) is 101. The standard InChI is InChI=1S/C8H10.C7H13NO.4C5H12.2C4H10.C3H8O.4CH5N.11CH2O.7H3N/c1-2-8-6-4-3-5-7-8;1-7(9)8-5-3-2-4-6-8;4*1-4-5(2)3;2*1-4(2)3;1-3(2)4;15*1-2;;;;;;;/h3-7H,2H2,1H3;2-6H2,1H3;4*5H,4H2,1-3H3;2*4H,1-3H3;3-4H,1-2H3;4*2H2,1H3;11*1H2;7*1H3. The summed E-state index contributed by atoms with van der Waals surface area (Å²) in [7, 11) is 6.00. The molecule has 0 unspecified atom stereocenters. The summed E-state index contributed by atoms with van der Waals surface area (Å²) < 4.78 is 0. The zero-order valence-corrected chi connectivity index (χ0v) is 61.8. The third kappa shape index (κ3) is 783. The van der Waals surface area contributed by atoms with Crippen molar-refractivity contribution in [3.63, 3.8) is 0 Å². The van der Waals surface area contributed by atoms with Crippen molar-refractivity contribution in [3.05, 3.63) is 35.9 Å². The van der Waals surface area contributed by atoms with Crippen LogP contribution in [0.4, 0.5) is 0 Å². The molecular weight excluding hydrogens is 1110 g/mol. The first-order valence-corrected chi connectivity index (χ1v) is 26.0. The molecule has 1 aliphatic rings. The van der Waals surface area contributed by atoms with Crippen LogP contribution in [0.15, 0.2) is 30.3 Å². The molecule has 1 aliphatic heterocycles. The van der Waals surface area contributed by atoms with Gasteiger partial charge in [0.1, 0.15) is 74.7 Å². The second-order valence-electron chi connectivity index (χ2n) is 16.2. The van der Waals surface area contributed by atoms with E-state index in [9.17, 15) is 4.79 Å². The van der Waals surface area contributed by atoms with E-state index in [2.05, 4.69) is 179 Å². The molecule has 25 heteroatoms. The maximum atomic E-state index is 10.7. The van der Waals surface area contributed by atoms with Crippen LogP contribution in [-0.4, -0.2) is 138 Å². The van der Waals surface area contributed by atoms with Gasteiger partial charge in [-0.05, 0) is 109 Å². The highest BCUT2D eigenvalue weighted by Crippen LogP contribution is 2.07. The predicted octanol–water partition coefficient (Wildman–Crippen LogP) is 12.6. The summed E-state index contributed by atoms with van der Waals surface area (Å²) in [5.74, 6) is 5.43. The minimum atomic E-state index is -0.167. The molecule has 0 radical (unpaired) electrons. The number of likely N-dealkylation sites (tertiary alicyclic amines) is 1. The van der Waals surface area contributed by atoms with Crippen molar-refractivity contribution >= 4 is 80.6 Å². The molecule has 86 heavy (non-hydrogen) atoms. The second-order valence-corrected chi connectivity index (χ2v) is 16.2. The van der Waals surface area contributed by atoms with Crippen LogP contribution >= 0.6 is 0 Å². The minimum absolute atomic E-state index is 0. The SMILES string of the molecule is C=O.C=O.C=O.C=O.C=O.C=O.C=O.C=O.C=O.C=O.C=O.CC(=O)N1CCCCC1.CC(C)C.CC(C)C.CC(C)O.CCC(C)C.CCC(C)C.CCC(C)C.CCC(C)C.CCc1ccccc1.CN.CN.CN.CN.N.N.N.N.N.N.N. The average molecular weight is 1270 g/mol. The molecule has 0 bridgehead atoms. The highest BCUT2D eigenvalue weighted by Gasteiger charge is 2.11. The molecule has 1 heterocycles. The lowest BCUT2D eigenvalue weighted by Crippen LogP contribution is -2.33. The van der Waals surface area contributed by atoms with Gasteiger partial charge in [0, 0.05) is 26.1 Å². The minimum Gasteiger partial charge on any atom is -0.394 e. The first-order valence-electron chi connectivity index (χ1n) is 26.0. The summed E-state index contributed by atoms with van der Waals surface area (Å²) in [5, 5.41) is 8.06. The Bertz CT molecular complexity index is 809. The van der Waals surface area contributed by atoms with Crippen LogP contribution in [0.5, 0.6) is 0 Å². The van der Waals surface area contributed by atoms with E-state index < -0.39 is 0 Å². The highest BCUT2D eigenvalue weighted by atomic mass is 16.3. The van der Waals surface area contributed by atoms with E-state index in [1.54, 1.807) is 20.8 Å². The molecule has 0 saturated carbocycles. The van der Waals surface area contributed by atoms with Gasteiger partial charge in [0.15, 0.2) is 0 Å². The number of piperidine rings is 1. The molecular formula is C61H162N12O13. The van der Waals surface area contributed by atoms with Gasteiger partial charge >= 0.3 is 0 Å². The van der Waals surface area contributed by atoms with E-state index in [4.69, 9.17) is 57.8 Å². The predicted molar refractivity (Wildman–Crippen MR) is 385 cm³/mol. The molecule has 1 amide bonds. The van der Waals surface area contributed by atoms with Gasteiger partial charge in [-0.25, -0.2) is 0 Å². The van der Waals surface area contributed by atoms with Crippen molar-refractivity contribution < 1.29 is 62.6 Å². The number of benzene rings is 1. The Morgan fingerprint density at radius 3 is 0.570 bits per heavy atom. The zero-order chi connectivity index (χ0) is 70.4. The van der Waals surface area contributed by atoms with E-state index in [1.165, 1.54) is 78.7 Å². The van der Waals surface area contributed by atoms with Gasteiger partial charge in [-0.2, -0.15) is 0 Å². The molecule has 0 atom stereocenters. The van der Waals surface area contributed by atoms with E-state index >= 15 is 0 Å². The quantitative estimate of drug-likeness (QED) is 0.130. The lowest BCUT2D eigenvalue weighted by Gasteiger charge is -2.24. The van der Waals surface area contributed by atoms with Crippen molar-refractivity contribution in [1.29, 1.82) is 0 Å². The van der Waals surface area contributed by atoms with Crippen molar-refractivity contribution in [1.82, 2.24) is 48.0 Å². The maximum Gasteiger partial charge on any atom is 0.219 e. The Balaban J connectivity index is -0.0000000149. The monoisotopic (exact) mass is 1270 g/mol. The maximum absolute atomic E-state index is 10.7. The number of carbonyl (C=O) groups excluding carboxylic acids is 12. The van der Waals surface area contributed by atoms with Crippen LogP contribution in [0.2, 0.25) is 0 Å². The molecule has 1 aromatic carbocycles. The van der Waals surface area contributed by atoms with Gasteiger partial charge < -0.3 is 129 Å².